The van der Waals surface area contributed by atoms with Gasteiger partial charge >= 0.3 is 5.97 Å². The van der Waals surface area contributed by atoms with Gasteiger partial charge in [-0.2, -0.15) is 0 Å². The van der Waals surface area contributed by atoms with Gasteiger partial charge in [-0.1, -0.05) is 36.4 Å². The molecule has 0 aliphatic rings. The van der Waals surface area contributed by atoms with E-state index in [9.17, 15) is 9.90 Å². The first-order valence-electron chi connectivity index (χ1n) is 6.40. The molecular formula is C16H21NO3. The van der Waals surface area contributed by atoms with Gasteiger partial charge in [0.1, 0.15) is 6.04 Å². The van der Waals surface area contributed by atoms with Crippen molar-refractivity contribution in [1.29, 1.82) is 0 Å². The predicted octanol–water partition coefficient (Wildman–Crippen LogP) is 2.63. The average Bonchev–Trinajstić information content (AvgIpc) is 2.41. The first kappa shape index (κ1) is 16.1. The Labute approximate surface area is 120 Å². The third-order valence-corrected chi connectivity index (χ3v) is 2.93. The van der Waals surface area contributed by atoms with Crippen LogP contribution in [-0.4, -0.2) is 36.2 Å². The van der Waals surface area contributed by atoms with Crippen molar-refractivity contribution in [3.05, 3.63) is 60.7 Å². The largest absolute Gasteiger partial charge is 0.480 e. The van der Waals surface area contributed by atoms with E-state index in [-0.39, 0.29) is 0 Å². The molecule has 4 heteroatoms. The SMILES string of the molecule is C=CCN(CC=C)[C@@H](C(=O)O)c1ccc(COC)cc1. The minimum Gasteiger partial charge on any atom is -0.480 e. The van der Waals surface area contributed by atoms with Crippen molar-refractivity contribution in [3.63, 3.8) is 0 Å². The van der Waals surface area contributed by atoms with Crippen molar-refractivity contribution < 1.29 is 14.6 Å². The summed E-state index contributed by atoms with van der Waals surface area (Å²) in [6.07, 6.45) is 3.39. The third kappa shape index (κ3) is 4.33. The Morgan fingerprint density at radius 3 is 2.25 bits per heavy atom. The zero-order chi connectivity index (χ0) is 15.0. The number of carboxylic acids is 1. The van der Waals surface area contributed by atoms with E-state index in [0.717, 1.165) is 11.1 Å². The van der Waals surface area contributed by atoms with Gasteiger partial charge in [-0.3, -0.25) is 9.69 Å². The Bertz CT molecular complexity index is 443. The molecule has 1 atom stereocenters. The maximum atomic E-state index is 11.6. The number of carbonyl (C=O) groups is 1. The van der Waals surface area contributed by atoms with Crippen LogP contribution in [0.1, 0.15) is 17.2 Å². The molecule has 0 aromatic heterocycles. The van der Waals surface area contributed by atoms with E-state index in [1.807, 2.05) is 24.3 Å². The highest BCUT2D eigenvalue weighted by molar-refractivity contribution is 5.75. The van der Waals surface area contributed by atoms with Gasteiger partial charge in [0.2, 0.25) is 0 Å². The maximum Gasteiger partial charge on any atom is 0.325 e. The Balaban J connectivity index is 3.01. The molecule has 0 fully saturated rings. The van der Waals surface area contributed by atoms with E-state index in [2.05, 4.69) is 13.2 Å². The number of ether oxygens (including phenoxy) is 1. The highest BCUT2D eigenvalue weighted by Crippen LogP contribution is 2.22. The molecule has 20 heavy (non-hydrogen) atoms. The molecule has 0 aliphatic heterocycles. The Hall–Kier alpha value is -1.91. The normalized spacial score (nSPS) is 12.1. The molecule has 0 unspecified atom stereocenters. The minimum atomic E-state index is -0.881. The van der Waals surface area contributed by atoms with Crippen LogP contribution in [-0.2, 0) is 16.1 Å². The molecule has 0 bridgehead atoms. The van der Waals surface area contributed by atoms with E-state index in [4.69, 9.17) is 4.74 Å². The second kappa shape index (κ2) is 8.30. The molecule has 0 radical (unpaired) electrons. The number of methoxy groups -OCH3 is 1. The topological polar surface area (TPSA) is 49.8 Å². The summed E-state index contributed by atoms with van der Waals surface area (Å²) in [6.45, 7) is 8.84. The van der Waals surface area contributed by atoms with Crippen LogP contribution in [0.2, 0.25) is 0 Å². The number of nitrogens with zero attached hydrogens (tertiary/aromatic N) is 1. The van der Waals surface area contributed by atoms with Crippen molar-refractivity contribution in [2.45, 2.75) is 12.6 Å². The fraction of sp³-hybridized carbons (Fsp3) is 0.312. The summed E-state index contributed by atoms with van der Waals surface area (Å²) in [7, 11) is 1.63. The summed E-state index contributed by atoms with van der Waals surface area (Å²) < 4.78 is 5.05. The number of hydrogen-bond donors (Lipinski definition) is 1. The van der Waals surface area contributed by atoms with Gasteiger partial charge in [-0.05, 0) is 11.1 Å². The molecule has 0 saturated heterocycles. The molecule has 1 rings (SSSR count). The van der Waals surface area contributed by atoms with E-state index in [1.165, 1.54) is 0 Å². The van der Waals surface area contributed by atoms with Gasteiger partial charge in [-0.15, -0.1) is 13.2 Å². The summed E-state index contributed by atoms with van der Waals surface area (Å²) in [6, 6.07) is 6.71. The molecule has 1 aromatic carbocycles. The number of benzene rings is 1. The zero-order valence-corrected chi connectivity index (χ0v) is 11.8. The second-order valence-corrected chi connectivity index (χ2v) is 4.45. The summed E-state index contributed by atoms with van der Waals surface area (Å²) in [4.78, 5) is 13.4. The number of carboxylic acid groups (broad SMARTS) is 1. The zero-order valence-electron chi connectivity index (χ0n) is 11.8. The van der Waals surface area contributed by atoms with Crippen molar-refractivity contribution in [2.24, 2.45) is 0 Å². The van der Waals surface area contributed by atoms with Gasteiger partial charge in [-0.25, -0.2) is 0 Å². The molecule has 0 spiro atoms. The number of rotatable bonds is 9. The quantitative estimate of drug-likeness (QED) is 0.704. The summed E-state index contributed by atoms with van der Waals surface area (Å²) in [5.41, 5.74) is 1.75. The van der Waals surface area contributed by atoms with E-state index in [1.54, 1.807) is 24.2 Å². The van der Waals surface area contributed by atoms with Gasteiger partial charge in [0, 0.05) is 20.2 Å². The fourth-order valence-corrected chi connectivity index (χ4v) is 2.09. The van der Waals surface area contributed by atoms with E-state index < -0.39 is 12.0 Å². The van der Waals surface area contributed by atoms with Crippen molar-refractivity contribution >= 4 is 5.97 Å². The molecule has 108 valence electrons. The monoisotopic (exact) mass is 275 g/mol. The van der Waals surface area contributed by atoms with Crippen molar-refractivity contribution in [2.75, 3.05) is 20.2 Å². The van der Waals surface area contributed by atoms with Crippen LogP contribution in [0.15, 0.2) is 49.6 Å². The first-order chi connectivity index (χ1) is 9.63. The average molecular weight is 275 g/mol. The number of aliphatic carboxylic acids is 1. The summed E-state index contributed by atoms with van der Waals surface area (Å²) >= 11 is 0. The number of hydrogen-bond acceptors (Lipinski definition) is 3. The molecule has 4 nitrogen and oxygen atoms in total. The van der Waals surface area contributed by atoms with E-state index in [0.29, 0.717) is 19.7 Å². The highest BCUT2D eigenvalue weighted by Gasteiger charge is 2.25. The van der Waals surface area contributed by atoms with Crippen LogP contribution in [0.4, 0.5) is 0 Å². The van der Waals surface area contributed by atoms with Crippen molar-refractivity contribution in [3.8, 4) is 0 Å². The lowest BCUT2D eigenvalue weighted by Gasteiger charge is -2.27. The van der Waals surface area contributed by atoms with Gasteiger partial charge in [0.05, 0.1) is 6.61 Å². The lowest BCUT2D eigenvalue weighted by Crippen LogP contribution is -2.34. The summed E-state index contributed by atoms with van der Waals surface area (Å²) in [5.74, 6) is -0.881. The third-order valence-electron chi connectivity index (χ3n) is 2.93. The van der Waals surface area contributed by atoms with E-state index >= 15 is 0 Å². The molecule has 1 N–H and O–H groups in total. The van der Waals surface area contributed by atoms with Crippen molar-refractivity contribution in [1.82, 2.24) is 4.90 Å². The molecule has 0 saturated carbocycles. The van der Waals surface area contributed by atoms with Crippen LogP contribution in [0.3, 0.4) is 0 Å². The van der Waals surface area contributed by atoms with Gasteiger partial charge < -0.3 is 9.84 Å². The predicted molar refractivity (Wildman–Crippen MR) is 79.5 cm³/mol. The molecule has 0 aliphatic carbocycles. The van der Waals surface area contributed by atoms with Crippen LogP contribution >= 0.6 is 0 Å². The van der Waals surface area contributed by atoms with Gasteiger partial charge in [0.25, 0.3) is 0 Å². The van der Waals surface area contributed by atoms with Crippen LogP contribution < -0.4 is 0 Å². The lowest BCUT2D eigenvalue weighted by atomic mass is 10.0. The fourth-order valence-electron chi connectivity index (χ4n) is 2.09. The second-order valence-electron chi connectivity index (χ2n) is 4.45. The molecule has 1 aromatic rings. The summed E-state index contributed by atoms with van der Waals surface area (Å²) in [5, 5.41) is 9.49. The molecule has 0 heterocycles. The highest BCUT2D eigenvalue weighted by atomic mass is 16.5. The standard InChI is InChI=1S/C16H21NO3/c1-4-10-17(11-5-2)15(16(18)19)14-8-6-13(7-9-14)12-20-3/h4-9,15H,1-2,10-12H2,3H3,(H,18,19)/t15-/m1/s1. The minimum absolute atomic E-state index is 0.489. The Morgan fingerprint density at radius 2 is 1.85 bits per heavy atom. The lowest BCUT2D eigenvalue weighted by molar-refractivity contribution is -0.143. The maximum absolute atomic E-state index is 11.6. The van der Waals surface area contributed by atoms with Crippen LogP contribution in [0.5, 0.6) is 0 Å². The first-order valence-corrected chi connectivity index (χ1v) is 6.40. The van der Waals surface area contributed by atoms with Crippen LogP contribution in [0.25, 0.3) is 0 Å². The van der Waals surface area contributed by atoms with Gasteiger partial charge in [0.15, 0.2) is 0 Å². The molecular weight excluding hydrogens is 254 g/mol. The smallest absolute Gasteiger partial charge is 0.325 e. The molecule has 0 amide bonds. The Kier molecular flexibility index (Phi) is 6.70. The van der Waals surface area contributed by atoms with Crippen LogP contribution in [0, 0.1) is 0 Å². The Morgan fingerprint density at radius 1 is 1.30 bits per heavy atom.